The van der Waals surface area contributed by atoms with Crippen LogP contribution in [-0.4, -0.2) is 27.8 Å². The maximum absolute atomic E-state index is 11.7. The Bertz CT molecular complexity index is 343. The van der Waals surface area contributed by atoms with Gasteiger partial charge in [0.2, 0.25) is 0 Å². The topological polar surface area (TPSA) is 72.9 Å². The molecule has 1 heterocycles. The van der Waals surface area contributed by atoms with Crippen molar-refractivity contribution >= 4 is 5.91 Å². The van der Waals surface area contributed by atoms with E-state index < -0.39 is 0 Å². The van der Waals surface area contributed by atoms with Gasteiger partial charge >= 0.3 is 0 Å². The quantitative estimate of drug-likeness (QED) is 0.749. The fourth-order valence-corrected chi connectivity index (χ4v) is 1.33. The zero-order valence-electron chi connectivity index (χ0n) is 9.45. The average Bonchev–Trinajstić information content (AvgIpc) is 2.50. The third-order valence-corrected chi connectivity index (χ3v) is 2.17. The normalized spacial score (nSPS) is 11.5. The van der Waals surface area contributed by atoms with Crippen LogP contribution in [0.2, 0.25) is 0 Å². The second kappa shape index (κ2) is 4.44. The first kappa shape index (κ1) is 11.7. The number of nitrogens with two attached hydrogens (primary N) is 1. The molecule has 0 unspecified atom stereocenters. The van der Waals surface area contributed by atoms with E-state index >= 15 is 0 Å². The fourth-order valence-electron chi connectivity index (χ4n) is 1.33. The van der Waals surface area contributed by atoms with Crippen molar-refractivity contribution in [2.24, 2.45) is 12.8 Å². The molecule has 1 rings (SSSR count). The maximum atomic E-state index is 11.7. The summed E-state index contributed by atoms with van der Waals surface area (Å²) in [5.74, 6) is -0.158. The molecule has 0 aromatic carbocycles. The number of nitrogens with one attached hydrogen (secondary N) is 1. The first-order valence-corrected chi connectivity index (χ1v) is 4.97. The molecule has 3 N–H and O–H groups in total. The van der Waals surface area contributed by atoms with Gasteiger partial charge in [0.05, 0.1) is 0 Å². The Morgan fingerprint density at radius 3 is 2.80 bits per heavy atom. The summed E-state index contributed by atoms with van der Waals surface area (Å²) in [7, 11) is 1.78. The van der Waals surface area contributed by atoms with Gasteiger partial charge in [-0.25, -0.2) is 0 Å². The van der Waals surface area contributed by atoms with Crippen LogP contribution in [0.1, 0.15) is 30.8 Å². The van der Waals surface area contributed by atoms with Gasteiger partial charge in [-0.05, 0) is 32.9 Å². The van der Waals surface area contributed by atoms with Crippen molar-refractivity contribution in [3.63, 3.8) is 0 Å². The molecule has 84 valence electrons. The zero-order valence-corrected chi connectivity index (χ0v) is 9.45. The van der Waals surface area contributed by atoms with E-state index in [0.29, 0.717) is 12.2 Å². The van der Waals surface area contributed by atoms with Crippen molar-refractivity contribution in [2.75, 3.05) is 6.54 Å². The first-order valence-electron chi connectivity index (χ1n) is 4.97. The van der Waals surface area contributed by atoms with Crippen LogP contribution in [0.15, 0.2) is 12.3 Å². The summed E-state index contributed by atoms with van der Waals surface area (Å²) in [4.78, 5) is 11.7. The highest BCUT2D eigenvalue weighted by atomic mass is 16.2. The molecule has 0 radical (unpaired) electrons. The smallest absolute Gasteiger partial charge is 0.272 e. The van der Waals surface area contributed by atoms with Gasteiger partial charge in [0.15, 0.2) is 0 Å². The van der Waals surface area contributed by atoms with Gasteiger partial charge in [0, 0.05) is 18.8 Å². The molecule has 5 nitrogen and oxygen atoms in total. The van der Waals surface area contributed by atoms with E-state index in [0.717, 1.165) is 6.42 Å². The molecule has 0 aliphatic rings. The molecule has 0 atom stereocenters. The second-order valence-corrected chi connectivity index (χ2v) is 4.25. The number of carbonyl (C=O) groups is 1. The van der Waals surface area contributed by atoms with Gasteiger partial charge in [-0.15, -0.1) is 0 Å². The van der Waals surface area contributed by atoms with Crippen LogP contribution in [0.3, 0.4) is 0 Å². The van der Waals surface area contributed by atoms with Crippen LogP contribution in [0, 0.1) is 0 Å². The molecule has 1 aromatic heterocycles. The number of aromatic nitrogens is 2. The number of carbonyl (C=O) groups excluding carboxylic acids is 1. The molecule has 0 bridgehead atoms. The lowest BCUT2D eigenvalue weighted by Gasteiger charge is -2.24. The third-order valence-electron chi connectivity index (χ3n) is 2.17. The Balaban J connectivity index is 2.63. The predicted octanol–water partition coefficient (Wildman–Crippen LogP) is 0.277. The minimum atomic E-state index is -0.288. The highest BCUT2D eigenvalue weighted by Gasteiger charge is 2.21. The highest BCUT2D eigenvalue weighted by molar-refractivity contribution is 5.92. The molecule has 0 aliphatic carbocycles. The minimum absolute atomic E-state index is 0.158. The predicted molar refractivity (Wildman–Crippen MR) is 58.4 cm³/mol. The molecule has 1 amide bonds. The highest BCUT2D eigenvalue weighted by Crippen LogP contribution is 2.08. The Morgan fingerprint density at radius 2 is 2.33 bits per heavy atom. The van der Waals surface area contributed by atoms with Crippen LogP contribution in [0.5, 0.6) is 0 Å². The van der Waals surface area contributed by atoms with Crippen molar-refractivity contribution < 1.29 is 4.79 Å². The Kier molecular flexibility index (Phi) is 3.47. The second-order valence-electron chi connectivity index (χ2n) is 4.25. The van der Waals surface area contributed by atoms with Crippen LogP contribution < -0.4 is 11.1 Å². The first-order chi connectivity index (χ1) is 6.94. The SMILES string of the molecule is Cn1ccc(C(=O)NC(C)(C)CCN)n1. The van der Waals surface area contributed by atoms with Crippen molar-refractivity contribution in [2.45, 2.75) is 25.8 Å². The summed E-state index contributed by atoms with van der Waals surface area (Å²) in [5, 5.41) is 6.92. The Morgan fingerprint density at radius 1 is 1.67 bits per heavy atom. The molecule has 0 saturated heterocycles. The lowest BCUT2D eigenvalue weighted by molar-refractivity contribution is 0.0904. The monoisotopic (exact) mass is 210 g/mol. The van der Waals surface area contributed by atoms with Gasteiger partial charge in [0.25, 0.3) is 5.91 Å². The van der Waals surface area contributed by atoms with Crippen LogP contribution >= 0.6 is 0 Å². The number of hydrogen-bond donors (Lipinski definition) is 2. The van der Waals surface area contributed by atoms with Crippen LogP contribution in [0.4, 0.5) is 0 Å². The Hall–Kier alpha value is -1.36. The van der Waals surface area contributed by atoms with Gasteiger partial charge in [0.1, 0.15) is 5.69 Å². The summed E-state index contributed by atoms with van der Waals surface area (Å²) in [6.45, 7) is 4.44. The van der Waals surface area contributed by atoms with E-state index in [2.05, 4.69) is 10.4 Å². The molecular weight excluding hydrogens is 192 g/mol. The maximum Gasteiger partial charge on any atom is 0.272 e. The summed E-state index contributed by atoms with van der Waals surface area (Å²) in [6, 6.07) is 1.69. The van der Waals surface area contributed by atoms with E-state index in [4.69, 9.17) is 5.73 Å². The van der Waals surface area contributed by atoms with E-state index in [1.165, 1.54) is 0 Å². The summed E-state index contributed by atoms with van der Waals surface area (Å²) >= 11 is 0. The lowest BCUT2D eigenvalue weighted by atomic mass is 10.0. The minimum Gasteiger partial charge on any atom is -0.346 e. The van der Waals surface area contributed by atoms with E-state index in [9.17, 15) is 4.79 Å². The molecule has 0 saturated carbocycles. The van der Waals surface area contributed by atoms with Crippen molar-refractivity contribution in [1.29, 1.82) is 0 Å². The standard InChI is InChI=1S/C10H18N4O/c1-10(2,5-6-11)12-9(15)8-4-7-14(3)13-8/h4,7H,5-6,11H2,1-3H3,(H,12,15). The number of aryl methyl sites for hydroxylation is 1. The average molecular weight is 210 g/mol. The van der Waals surface area contributed by atoms with E-state index in [-0.39, 0.29) is 11.4 Å². The van der Waals surface area contributed by atoms with Crippen molar-refractivity contribution in [3.05, 3.63) is 18.0 Å². The molecule has 5 heteroatoms. The summed E-state index contributed by atoms with van der Waals surface area (Å²) in [5.41, 5.74) is 5.61. The molecule has 0 fully saturated rings. The van der Waals surface area contributed by atoms with Crippen molar-refractivity contribution in [1.82, 2.24) is 15.1 Å². The van der Waals surface area contributed by atoms with Gasteiger partial charge in [-0.3, -0.25) is 9.48 Å². The van der Waals surface area contributed by atoms with Gasteiger partial charge in [-0.1, -0.05) is 0 Å². The Labute approximate surface area is 89.6 Å². The number of rotatable bonds is 4. The van der Waals surface area contributed by atoms with Crippen LogP contribution in [-0.2, 0) is 7.05 Å². The number of nitrogens with zero attached hydrogens (tertiary/aromatic N) is 2. The largest absolute Gasteiger partial charge is 0.346 e. The lowest BCUT2D eigenvalue weighted by Crippen LogP contribution is -2.44. The van der Waals surface area contributed by atoms with Gasteiger partial charge < -0.3 is 11.1 Å². The van der Waals surface area contributed by atoms with E-state index in [1.807, 2.05) is 13.8 Å². The summed E-state index contributed by atoms with van der Waals surface area (Å²) in [6.07, 6.45) is 2.48. The molecular formula is C10H18N4O. The molecule has 1 aromatic rings. The van der Waals surface area contributed by atoms with Crippen LogP contribution in [0.25, 0.3) is 0 Å². The molecule has 0 spiro atoms. The molecule has 0 aliphatic heterocycles. The zero-order chi connectivity index (χ0) is 11.5. The summed E-state index contributed by atoms with van der Waals surface area (Å²) < 4.78 is 1.60. The number of hydrogen-bond acceptors (Lipinski definition) is 3. The fraction of sp³-hybridized carbons (Fsp3) is 0.600. The molecule has 15 heavy (non-hydrogen) atoms. The van der Waals surface area contributed by atoms with E-state index in [1.54, 1.807) is 24.0 Å². The van der Waals surface area contributed by atoms with Crippen molar-refractivity contribution in [3.8, 4) is 0 Å². The number of amides is 1. The third kappa shape index (κ3) is 3.36. The van der Waals surface area contributed by atoms with Gasteiger partial charge in [-0.2, -0.15) is 5.10 Å².